The van der Waals surface area contributed by atoms with Gasteiger partial charge >= 0.3 is 0 Å². The molecule has 3 nitrogen and oxygen atoms in total. The Morgan fingerprint density at radius 1 is 1.31 bits per heavy atom. The summed E-state index contributed by atoms with van der Waals surface area (Å²) in [5.74, 6) is 0.875. The summed E-state index contributed by atoms with van der Waals surface area (Å²) < 4.78 is 10.5. The number of hydrogen-bond donors (Lipinski definition) is 0. The molecule has 0 atom stereocenters. The van der Waals surface area contributed by atoms with E-state index in [1.54, 1.807) is 11.8 Å². The predicted molar refractivity (Wildman–Crippen MR) is 64.9 cm³/mol. The van der Waals surface area contributed by atoms with Gasteiger partial charge in [0, 0.05) is 11.6 Å². The molecular weight excluding hydrogens is 222 g/mol. The van der Waals surface area contributed by atoms with Crippen molar-refractivity contribution in [1.29, 1.82) is 0 Å². The van der Waals surface area contributed by atoms with Crippen molar-refractivity contribution in [1.82, 2.24) is 5.16 Å². The zero-order valence-electron chi connectivity index (χ0n) is 9.27. The molecule has 1 heterocycles. The molecule has 16 heavy (non-hydrogen) atoms. The molecule has 0 aliphatic carbocycles. The smallest absolute Gasteiger partial charge is 0.193 e. The average Bonchev–Trinajstić information content (AvgIpc) is 2.79. The van der Waals surface area contributed by atoms with Gasteiger partial charge in [0.1, 0.15) is 11.4 Å². The van der Waals surface area contributed by atoms with E-state index in [9.17, 15) is 0 Å². The third-order valence-corrected chi connectivity index (χ3v) is 2.75. The number of aromatic nitrogens is 1. The minimum absolute atomic E-state index is 0.680. The highest BCUT2D eigenvalue weighted by atomic mass is 32.2. The Kier molecular flexibility index (Phi) is 3.51. The van der Waals surface area contributed by atoms with Crippen LogP contribution in [-0.4, -0.2) is 18.0 Å². The molecule has 0 unspecified atom stereocenters. The Morgan fingerprint density at radius 3 is 2.62 bits per heavy atom. The van der Waals surface area contributed by atoms with Gasteiger partial charge in [-0.3, -0.25) is 0 Å². The standard InChI is InChI=1S/C12H13NO2S/c1-3-14-10-6-4-9(5-7-10)11-8-12(16-2)15-13-11/h4-8H,3H2,1-2H3. The van der Waals surface area contributed by atoms with Crippen LogP contribution in [0, 0.1) is 0 Å². The molecule has 0 N–H and O–H groups in total. The monoisotopic (exact) mass is 235 g/mol. The fourth-order valence-electron chi connectivity index (χ4n) is 1.38. The highest BCUT2D eigenvalue weighted by Gasteiger charge is 2.05. The van der Waals surface area contributed by atoms with Gasteiger partial charge < -0.3 is 9.26 Å². The van der Waals surface area contributed by atoms with Crippen molar-refractivity contribution in [2.45, 2.75) is 12.0 Å². The minimum atomic E-state index is 0.680. The molecule has 0 amide bonds. The van der Waals surface area contributed by atoms with Crippen LogP contribution < -0.4 is 4.74 Å². The van der Waals surface area contributed by atoms with E-state index in [2.05, 4.69) is 5.16 Å². The van der Waals surface area contributed by atoms with Crippen molar-refractivity contribution >= 4 is 11.8 Å². The number of ether oxygens (including phenoxy) is 1. The van der Waals surface area contributed by atoms with E-state index in [1.165, 1.54) is 0 Å². The second kappa shape index (κ2) is 5.07. The molecule has 0 saturated carbocycles. The number of hydrogen-bond acceptors (Lipinski definition) is 4. The Hall–Kier alpha value is -1.42. The summed E-state index contributed by atoms with van der Waals surface area (Å²) in [4.78, 5) is 0. The zero-order valence-corrected chi connectivity index (χ0v) is 10.1. The molecule has 0 spiro atoms. The van der Waals surface area contributed by atoms with E-state index in [1.807, 2.05) is 43.5 Å². The molecule has 0 aliphatic heterocycles. The second-order valence-corrected chi connectivity index (χ2v) is 4.00. The Bertz CT molecular complexity index is 450. The lowest BCUT2D eigenvalue weighted by atomic mass is 10.1. The van der Waals surface area contributed by atoms with E-state index < -0.39 is 0 Å². The van der Waals surface area contributed by atoms with Gasteiger partial charge in [0.25, 0.3) is 0 Å². The molecule has 0 radical (unpaired) electrons. The van der Waals surface area contributed by atoms with E-state index in [0.29, 0.717) is 6.61 Å². The van der Waals surface area contributed by atoms with Gasteiger partial charge in [-0.25, -0.2) is 0 Å². The first kappa shape index (κ1) is 11.1. The summed E-state index contributed by atoms with van der Waals surface area (Å²) in [6.45, 7) is 2.65. The van der Waals surface area contributed by atoms with Gasteiger partial charge in [-0.15, -0.1) is 0 Å². The van der Waals surface area contributed by atoms with E-state index in [-0.39, 0.29) is 0 Å². The number of nitrogens with zero attached hydrogens (tertiary/aromatic N) is 1. The number of benzene rings is 1. The van der Waals surface area contributed by atoms with Gasteiger partial charge in [-0.05, 0) is 37.4 Å². The molecule has 2 aromatic rings. The molecule has 84 valence electrons. The van der Waals surface area contributed by atoms with Crippen LogP contribution in [0.1, 0.15) is 6.92 Å². The maximum Gasteiger partial charge on any atom is 0.193 e. The molecule has 0 bridgehead atoms. The fourth-order valence-corrected chi connectivity index (χ4v) is 1.72. The van der Waals surface area contributed by atoms with Crippen molar-refractivity contribution < 1.29 is 9.26 Å². The van der Waals surface area contributed by atoms with Crippen LogP contribution in [0.3, 0.4) is 0 Å². The topological polar surface area (TPSA) is 35.3 Å². The molecule has 1 aromatic carbocycles. The van der Waals surface area contributed by atoms with Crippen molar-refractivity contribution in [2.24, 2.45) is 0 Å². The second-order valence-electron chi connectivity index (χ2n) is 3.19. The summed E-state index contributed by atoms with van der Waals surface area (Å²) in [5.41, 5.74) is 1.89. The molecule has 0 aliphatic rings. The largest absolute Gasteiger partial charge is 0.494 e. The van der Waals surface area contributed by atoms with Crippen LogP contribution in [0.2, 0.25) is 0 Å². The van der Waals surface area contributed by atoms with E-state index >= 15 is 0 Å². The Morgan fingerprint density at radius 2 is 2.06 bits per heavy atom. The van der Waals surface area contributed by atoms with Crippen LogP contribution >= 0.6 is 11.8 Å². The van der Waals surface area contributed by atoms with E-state index in [0.717, 1.165) is 22.1 Å². The van der Waals surface area contributed by atoms with Gasteiger partial charge in [0.2, 0.25) is 0 Å². The van der Waals surface area contributed by atoms with Crippen LogP contribution in [0.4, 0.5) is 0 Å². The Balaban J connectivity index is 2.20. The lowest BCUT2D eigenvalue weighted by Gasteiger charge is -2.02. The quantitative estimate of drug-likeness (QED) is 0.760. The van der Waals surface area contributed by atoms with Crippen molar-refractivity contribution in [3.05, 3.63) is 30.3 Å². The Labute approximate surface area is 98.8 Å². The predicted octanol–water partition coefficient (Wildman–Crippen LogP) is 3.46. The van der Waals surface area contributed by atoms with Crippen molar-refractivity contribution in [3.8, 4) is 17.0 Å². The molecule has 2 rings (SSSR count). The summed E-state index contributed by atoms with van der Waals surface area (Å²) in [6.07, 6.45) is 1.96. The first-order chi connectivity index (χ1) is 7.83. The number of thioether (sulfide) groups is 1. The van der Waals surface area contributed by atoms with Gasteiger partial charge in [0.15, 0.2) is 5.09 Å². The molecular formula is C12H13NO2S. The van der Waals surface area contributed by atoms with Crippen LogP contribution in [0.25, 0.3) is 11.3 Å². The van der Waals surface area contributed by atoms with E-state index in [4.69, 9.17) is 9.26 Å². The third kappa shape index (κ3) is 2.39. The highest BCUT2D eigenvalue weighted by molar-refractivity contribution is 7.98. The lowest BCUT2D eigenvalue weighted by Crippen LogP contribution is -1.90. The van der Waals surface area contributed by atoms with Gasteiger partial charge in [-0.2, -0.15) is 0 Å². The van der Waals surface area contributed by atoms with Gasteiger partial charge in [-0.1, -0.05) is 16.9 Å². The summed E-state index contributed by atoms with van der Waals surface area (Å²) in [5, 5.41) is 4.82. The van der Waals surface area contributed by atoms with Crippen molar-refractivity contribution in [3.63, 3.8) is 0 Å². The fraction of sp³-hybridized carbons (Fsp3) is 0.250. The maximum absolute atomic E-state index is 5.38. The van der Waals surface area contributed by atoms with Crippen molar-refractivity contribution in [2.75, 3.05) is 12.9 Å². The summed E-state index contributed by atoms with van der Waals surface area (Å²) >= 11 is 1.54. The van der Waals surface area contributed by atoms with Crippen LogP contribution in [0.15, 0.2) is 39.9 Å². The zero-order chi connectivity index (χ0) is 11.4. The van der Waals surface area contributed by atoms with Crippen LogP contribution in [0.5, 0.6) is 5.75 Å². The first-order valence-corrected chi connectivity index (χ1v) is 6.30. The third-order valence-electron chi connectivity index (χ3n) is 2.15. The average molecular weight is 235 g/mol. The molecule has 1 aromatic heterocycles. The SMILES string of the molecule is CCOc1ccc(-c2cc(SC)on2)cc1. The molecule has 0 fully saturated rings. The number of rotatable bonds is 4. The minimum Gasteiger partial charge on any atom is -0.494 e. The summed E-state index contributed by atoms with van der Waals surface area (Å²) in [7, 11) is 0. The normalized spacial score (nSPS) is 10.4. The first-order valence-electron chi connectivity index (χ1n) is 5.07. The summed E-state index contributed by atoms with van der Waals surface area (Å²) in [6, 6.07) is 9.76. The molecule has 4 heteroatoms. The highest BCUT2D eigenvalue weighted by Crippen LogP contribution is 2.25. The van der Waals surface area contributed by atoms with Crippen LogP contribution in [-0.2, 0) is 0 Å². The van der Waals surface area contributed by atoms with Gasteiger partial charge in [0.05, 0.1) is 6.61 Å². The lowest BCUT2D eigenvalue weighted by molar-refractivity contribution is 0.340. The molecule has 0 saturated heterocycles. The maximum atomic E-state index is 5.38.